The Kier molecular flexibility index (Phi) is 6.46. The molecular formula is C23H19Cl2FO3. The van der Waals surface area contributed by atoms with Crippen LogP contribution in [-0.2, 0) is 11.2 Å². The fourth-order valence-corrected chi connectivity index (χ4v) is 3.56. The zero-order chi connectivity index (χ0) is 21.1. The maximum Gasteiger partial charge on any atom is 0.167 e. The molecular weight excluding hydrogens is 414 g/mol. The summed E-state index contributed by atoms with van der Waals surface area (Å²) in [5.41, 5.74) is 3.39. The molecule has 3 aromatic carbocycles. The minimum atomic E-state index is -0.296. The molecule has 0 aliphatic carbocycles. The van der Waals surface area contributed by atoms with E-state index in [4.69, 9.17) is 27.9 Å². The van der Waals surface area contributed by atoms with Crippen LogP contribution >= 0.6 is 23.2 Å². The standard InChI is InChI=1S/C23H19Cl2FO3/c1-13-7-16(4-5-22(13)26)18-8-15(3-6-23(18)28)9-19-20(24)10-17(11-21(19)25)29-12-14(2)27/h3-8,10-11,28H,9,12H2,1-2H3. The van der Waals surface area contributed by atoms with Gasteiger partial charge in [-0.25, -0.2) is 4.39 Å². The van der Waals surface area contributed by atoms with Gasteiger partial charge in [0, 0.05) is 22.0 Å². The Bertz CT molecular complexity index is 1060. The van der Waals surface area contributed by atoms with E-state index in [2.05, 4.69) is 0 Å². The third-order valence-electron chi connectivity index (χ3n) is 4.47. The van der Waals surface area contributed by atoms with Crippen LogP contribution in [0.25, 0.3) is 11.1 Å². The number of phenolic OH excluding ortho intramolecular Hbond substituents is 1. The van der Waals surface area contributed by atoms with E-state index in [1.165, 1.54) is 13.0 Å². The van der Waals surface area contributed by atoms with E-state index >= 15 is 0 Å². The minimum absolute atomic E-state index is 0.0512. The number of hydrogen-bond acceptors (Lipinski definition) is 3. The van der Waals surface area contributed by atoms with Crippen molar-refractivity contribution in [1.82, 2.24) is 0 Å². The van der Waals surface area contributed by atoms with Crippen molar-refractivity contribution >= 4 is 29.0 Å². The second-order valence-electron chi connectivity index (χ2n) is 6.85. The smallest absolute Gasteiger partial charge is 0.167 e. The van der Waals surface area contributed by atoms with Crippen LogP contribution < -0.4 is 4.74 Å². The molecule has 0 saturated carbocycles. The van der Waals surface area contributed by atoms with Gasteiger partial charge in [-0.3, -0.25) is 4.79 Å². The summed E-state index contributed by atoms with van der Waals surface area (Å²) in [7, 11) is 0. The molecule has 150 valence electrons. The third-order valence-corrected chi connectivity index (χ3v) is 5.14. The molecule has 0 fully saturated rings. The molecule has 0 saturated heterocycles. The molecule has 0 atom stereocenters. The van der Waals surface area contributed by atoms with Gasteiger partial charge in [-0.05, 0) is 72.5 Å². The van der Waals surface area contributed by atoms with E-state index in [1.807, 2.05) is 6.07 Å². The molecule has 0 amide bonds. The van der Waals surface area contributed by atoms with Gasteiger partial charge in [0.15, 0.2) is 5.78 Å². The molecule has 6 heteroatoms. The predicted molar refractivity (Wildman–Crippen MR) is 114 cm³/mol. The number of ketones is 1. The van der Waals surface area contributed by atoms with Crippen LogP contribution in [0.4, 0.5) is 4.39 Å². The molecule has 0 aromatic heterocycles. The number of phenols is 1. The van der Waals surface area contributed by atoms with Crippen molar-refractivity contribution in [3.8, 4) is 22.6 Å². The van der Waals surface area contributed by atoms with E-state index in [0.29, 0.717) is 44.5 Å². The monoisotopic (exact) mass is 432 g/mol. The van der Waals surface area contributed by atoms with E-state index in [9.17, 15) is 14.3 Å². The van der Waals surface area contributed by atoms with Crippen molar-refractivity contribution in [2.45, 2.75) is 20.3 Å². The fourth-order valence-electron chi connectivity index (χ4n) is 2.96. The van der Waals surface area contributed by atoms with E-state index in [-0.39, 0.29) is 24.0 Å². The van der Waals surface area contributed by atoms with Crippen molar-refractivity contribution in [2.24, 2.45) is 0 Å². The minimum Gasteiger partial charge on any atom is -0.507 e. The average Bonchev–Trinajstić information content (AvgIpc) is 2.66. The molecule has 3 aromatic rings. The second kappa shape index (κ2) is 8.85. The molecule has 29 heavy (non-hydrogen) atoms. The lowest BCUT2D eigenvalue weighted by Crippen LogP contribution is -2.06. The Morgan fingerprint density at radius 3 is 2.38 bits per heavy atom. The maximum absolute atomic E-state index is 13.6. The maximum atomic E-state index is 13.6. The number of carbonyl (C=O) groups is 1. The lowest BCUT2D eigenvalue weighted by molar-refractivity contribution is -0.118. The Morgan fingerprint density at radius 1 is 1.07 bits per heavy atom. The molecule has 0 spiro atoms. The molecule has 0 heterocycles. The van der Waals surface area contributed by atoms with E-state index < -0.39 is 0 Å². The molecule has 1 N–H and O–H groups in total. The molecule has 3 nitrogen and oxygen atoms in total. The number of rotatable bonds is 6. The van der Waals surface area contributed by atoms with Gasteiger partial charge in [-0.2, -0.15) is 0 Å². The summed E-state index contributed by atoms with van der Waals surface area (Å²) in [6.45, 7) is 3.06. The summed E-state index contributed by atoms with van der Waals surface area (Å²) < 4.78 is 18.9. The van der Waals surface area contributed by atoms with Crippen LogP contribution in [0, 0.1) is 12.7 Å². The van der Waals surface area contributed by atoms with Crippen LogP contribution in [0.2, 0.25) is 10.0 Å². The van der Waals surface area contributed by atoms with Gasteiger partial charge < -0.3 is 9.84 Å². The molecule has 0 aliphatic heterocycles. The van der Waals surface area contributed by atoms with Crippen LogP contribution in [0.3, 0.4) is 0 Å². The van der Waals surface area contributed by atoms with E-state index in [0.717, 1.165) is 5.56 Å². The molecule has 0 bridgehead atoms. The Labute approximate surface area is 178 Å². The number of halogens is 3. The highest BCUT2D eigenvalue weighted by Gasteiger charge is 2.13. The summed E-state index contributed by atoms with van der Waals surface area (Å²) in [5.74, 6) is 0.126. The highest BCUT2D eigenvalue weighted by molar-refractivity contribution is 6.36. The Hall–Kier alpha value is -2.56. The Morgan fingerprint density at radius 2 is 1.76 bits per heavy atom. The number of ether oxygens (including phenoxy) is 1. The van der Waals surface area contributed by atoms with Crippen molar-refractivity contribution in [3.05, 3.63) is 81.1 Å². The van der Waals surface area contributed by atoms with Crippen LogP contribution in [0.1, 0.15) is 23.6 Å². The predicted octanol–water partition coefficient (Wildman–Crippen LogP) is 6.37. The number of Topliss-reactive ketones (excluding diaryl/α,β-unsaturated/α-hetero) is 1. The van der Waals surface area contributed by atoms with Gasteiger partial charge in [0.1, 0.15) is 23.9 Å². The van der Waals surface area contributed by atoms with Gasteiger partial charge in [-0.1, -0.05) is 35.3 Å². The van der Waals surface area contributed by atoms with Crippen LogP contribution in [-0.4, -0.2) is 17.5 Å². The van der Waals surface area contributed by atoms with Gasteiger partial charge >= 0.3 is 0 Å². The van der Waals surface area contributed by atoms with Gasteiger partial charge in [0.25, 0.3) is 0 Å². The summed E-state index contributed by atoms with van der Waals surface area (Å²) >= 11 is 12.8. The zero-order valence-corrected chi connectivity index (χ0v) is 17.4. The largest absolute Gasteiger partial charge is 0.507 e. The summed E-state index contributed by atoms with van der Waals surface area (Å²) in [6.07, 6.45) is 0.429. The van der Waals surface area contributed by atoms with Crippen molar-refractivity contribution in [3.63, 3.8) is 0 Å². The van der Waals surface area contributed by atoms with E-state index in [1.54, 1.807) is 43.3 Å². The first-order chi connectivity index (χ1) is 13.7. The van der Waals surface area contributed by atoms with Crippen LogP contribution in [0.5, 0.6) is 11.5 Å². The number of aromatic hydroxyl groups is 1. The normalized spacial score (nSPS) is 10.8. The number of aryl methyl sites for hydroxylation is 1. The highest BCUT2D eigenvalue weighted by atomic mass is 35.5. The molecule has 3 rings (SSSR count). The number of benzene rings is 3. The van der Waals surface area contributed by atoms with Gasteiger partial charge in [0.2, 0.25) is 0 Å². The van der Waals surface area contributed by atoms with Gasteiger partial charge in [-0.15, -0.1) is 0 Å². The average molecular weight is 433 g/mol. The topological polar surface area (TPSA) is 46.5 Å². The first-order valence-corrected chi connectivity index (χ1v) is 9.68. The van der Waals surface area contributed by atoms with Crippen molar-refractivity contribution in [2.75, 3.05) is 6.61 Å². The first-order valence-electron chi connectivity index (χ1n) is 8.93. The van der Waals surface area contributed by atoms with Crippen molar-refractivity contribution < 1.29 is 19.0 Å². The second-order valence-corrected chi connectivity index (χ2v) is 7.66. The van der Waals surface area contributed by atoms with Gasteiger partial charge in [0.05, 0.1) is 0 Å². The Balaban J connectivity index is 1.91. The third kappa shape index (κ3) is 5.08. The molecule has 0 radical (unpaired) electrons. The SMILES string of the molecule is CC(=O)COc1cc(Cl)c(Cc2ccc(O)c(-c3ccc(F)c(C)c3)c2)c(Cl)c1. The summed E-state index contributed by atoms with van der Waals surface area (Å²) in [5, 5.41) is 11.1. The zero-order valence-electron chi connectivity index (χ0n) is 15.9. The van der Waals surface area contributed by atoms with Crippen LogP contribution in [0.15, 0.2) is 48.5 Å². The highest BCUT2D eigenvalue weighted by Crippen LogP contribution is 2.35. The van der Waals surface area contributed by atoms with Crippen molar-refractivity contribution in [1.29, 1.82) is 0 Å². The summed E-state index contributed by atoms with van der Waals surface area (Å²) in [6, 6.07) is 13.1. The lowest BCUT2D eigenvalue weighted by atomic mass is 9.97. The molecule has 0 unspecified atom stereocenters. The molecule has 0 aliphatic rings. The summed E-state index contributed by atoms with van der Waals surface area (Å²) in [4.78, 5) is 11.1. The quantitative estimate of drug-likeness (QED) is 0.491. The fraction of sp³-hybridized carbons (Fsp3) is 0.174. The number of carbonyl (C=O) groups excluding carboxylic acids is 1. The lowest BCUT2D eigenvalue weighted by Gasteiger charge is -2.13. The number of hydrogen-bond donors (Lipinski definition) is 1. The first kappa shape index (κ1) is 21.2.